The molecule has 3 aliphatic rings. The van der Waals surface area contributed by atoms with E-state index in [-0.39, 0.29) is 17.7 Å². The van der Waals surface area contributed by atoms with Crippen LogP contribution >= 0.6 is 15.9 Å². The summed E-state index contributed by atoms with van der Waals surface area (Å²) in [6.07, 6.45) is -0.0204. The molecule has 5 unspecified atom stereocenters. The van der Waals surface area contributed by atoms with E-state index in [1.165, 1.54) is 0 Å². The summed E-state index contributed by atoms with van der Waals surface area (Å²) < 4.78 is 10.6. The molecule has 0 spiro atoms. The number of Topliss-reactive ketones (excluding diaryl/α,β-unsaturated/α-hetero) is 3. The number of fused-ring (bicyclic) bond motifs is 3. The number of halogens is 1. The normalized spacial score (nSPS) is 47.1. The number of alkyl halides is 1. The molecule has 0 bridgehead atoms. The molecule has 0 aromatic carbocycles. The highest BCUT2D eigenvalue weighted by Gasteiger charge is 2.60. The largest absolute Gasteiger partial charge is 0.349 e. The van der Waals surface area contributed by atoms with Crippen LogP contribution in [0.2, 0.25) is 0 Å². The second-order valence-electron chi connectivity index (χ2n) is 4.32. The lowest BCUT2D eigenvalue weighted by molar-refractivity contribution is -0.141. The first kappa shape index (κ1) is 10.6. The highest BCUT2D eigenvalue weighted by atomic mass is 79.9. The molecule has 16 heavy (non-hydrogen) atoms. The van der Waals surface area contributed by atoms with E-state index >= 15 is 0 Å². The summed E-state index contributed by atoms with van der Waals surface area (Å²) >= 11 is 3.37. The molecule has 5 atom stereocenters. The van der Waals surface area contributed by atoms with E-state index in [4.69, 9.17) is 9.47 Å². The van der Waals surface area contributed by atoms with Crippen LogP contribution < -0.4 is 0 Å². The maximum atomic E-state index is 11.7. The Morgan fingerprint density at radius 2 is 1.75 bits per heavy atom. The molecule has 2 aliphatic carbocycles. The lowest BCUT2D eigenvalue weighted by atomic mass is 9.77. The maximum Gasteiger partial charge on any atom is 0.264 e. The Labute approximate surface area is 99.6 Å². The zero-order chi connectivity index (χ0) is 11.4. The van der Waals surface area contributed by atoms with Crippen LogP contribution in [0.1, 0.15) is 6.42 Å². The number of hydrogen-bond donors (Lipinski definition) is 0. The quantitative estimate of drug-likeness (QED) is 0.458. The fourth-order valence-electron chi connectivity index (χ4n) is 2.81. The molecule has 0 N–H and O–H groups in total. The Hall–Kier alpha value is -0.590. The van der Waals surface area contributed by atoms with Crippen LogP contribution in [0.25, 0.3) is 0 Å². The number of carbonyl (C=O) groups is 3. The van der Waals surface area contributed by atoms with Crippen molar-refractivity contribution in [2.75, 3.05) is 6.79 Å². The summed E-state index contributed by atoms with van der Waals surface area (Å²) in [7, 11) is 0. The SMILES string of the molecule is O=C1C(=O)C2C(Br)CC3OCOC3C2C1=O. The van der Waals surface area contributed by atoms with Gasteiger partial charge in [0.05, 0.1) is 24.0 Å². The summed E-state index contributed by atoms with van der Waals surface area (Å²) in [5.41, 5.74) is 0. The molecule has 0 amide bonds. The second-order valence-corrected chi connectivity index (χ2v) is 5.49. The van der Waals surface area contributed by atoms with E-state index < -0.39 is 35.3 Å². The van der Waals surface area contributed by atoms with E-state index in [0.717, 1.165) is 0 Å². The van der Waals surface area contributed by atoms with Gasteiger partial charge in [-0.1, -0.05) is 15.9 Å². The van der Waals surface area contributed by atoms with Gasteiger partial charge >= 0.3 is 0 Å². The summed E-state index contributed by atoms with van der Waals surface area (Å²) in [6, 6.07) is 0. The molecule has 0 aromatic rings. The van der Waals surface area contributed by atoms with Gasteiger partial charge in [-0.2, -0.15) is 0 Å². The number of rotatable bonds is 0. The van der Waals surface area contributed by atoms with Crippen molar-refractivity contribution in [3.8, 4) is 0 Å². The third-order valence-electron chi connectivity index (χ3n) is 3.55. The monoisotopic (exact) mass is 288 g/mol. The predicted molar refractivity (Wildman–Crippen MR) is 53.9 cm³/mol. The average molecular weight is 289 g/mol. The van der Waals surface area contributed by atoms with Crippen LogP contribution in [-0.4, -0.2) is 41.2 Å². The minimum Gasteiger partial charge on any atom is -0.349 e. The molecule has 0 aromatic heterocycles. The number of carbonyl (C=O) groups excluding carboxylic acids is 3. The van der Waals surface area contributed by atoms with Gasteiger partial charge in [-0.3, -0.25) is 14.4 Å². The standard InChI is InChI=1S/C10H9BrO5/c11-3-1-4-10(16-2-15-4)6-5(3)7(12)9(14)8(6)13/h3-6,10H,1-2H2. The van der Waals surface area contributed by atoms with Gasteiger partial charge < -0.3 is 9.47 Å². The van der Waals surface area contributed by atoms with Crippen LogP contribution in [0, 0.1) is 11.8 Å². The zero-order valence-corrected chi connectivity index (χ0v) is 9.81. The molecule has 86 valence electrons. The smallest absolute Gasteiger partial charge is 0.264 e. The van der Waals surface area contributed by atoms with Gasteiger partial charge in [0.1, 0.15) is 6.79 Å². The highest BCUT2D eigenvalue weighted by molar-refractivity contribution is 9.09. The van der Waals surface area contributed by atoms with E-state index in [9.17, 15) is 14.4 Å². The van der Waals surface area contributed by atoms with Crippen molar-refractivity contribution in [1.82, 2.24) is 0 Å². The Morgan fingerprint density at radius 3 is 2.50 bits per heavy atom. The molecule has 1 heterocycles. The Balaban J connectivity index is 2.02. The van der Waals surface area contributed by atoms with Gasteiger partial charge in [0.15, 0.2) is 0 Å². The van der Waals surface area contributed by atoms with Crippen molar-refractivity contribution < 1.29 is 23.9 Å². The van der Waals surface area contributed by atoms with Crippen molar-refractivity contribution in [2.45, 2.75) is 23.5 Å². The first-order valence-corrected chi connectivity index (χ1v) is 6.02. The molecule has 1 aliphatic heterocycles. The van der Waals surface area contributed by atoms with Crippen LogP contribution in [0.3, 0.4) is 0 Å². The molecule has 3 rings (SSSR count). The number of ether oxygens (including phenoxy) is 2. The molecule has 2 saturated carbocycles. The van der Waals surface area contributed by atoms with Gasteiger partial charge in [0, 0.05) is 4.83 Å². The van der Waals surface area contributed by atoms with Gasteiger partial charge in [0.2, 0.25) is 11.6 Å². The van der Waals surface area contributed by atoms with Crippen LogP contribution in [-0.2, 0) is 23.9 Å². The fourth-order valence-corrected chi connectivity index (χ4v) is 3.74. The summed E-state index contributed by atoms with van der Waals surface area (Å²) in [5, 5.41) is 0. The molecule has 5 nitrogen and oxygen atoms in total. The van der Waals surface area contributed by atoms with E-state index in [0.29, 0.717) is 6.42 Å². The average Bonchev–Trinajstić information content (AvgIpc) is 2.78. The summed E-state index contributed by atoms with van der Waals surface area (Å²) in [6.45, 7) is 0.133. The maximum absolute atomic E-state index is 11.7. The van der Waals surface area contributed by atoms with Crippen LogP contribution in [0.4, 0.5) is 0 Å². The van der Waals surface area contributed by atoms with Crippen molar-refractivity contribution in [3.05, 3.63) is 0 Å². The summed E-state index contributed by atoms with van der Waals surface area (Å²) in [4.78, 5) is 34.6. The first-order valence-electron chi connectivity index (χ1n) is 5.11. The molecule has 6 heteroatoms. The van der Waals surface area contributed by atoms with Gasteiger partial charge in [-0.15, -0.1) is 0 Å². The van der Waals surface area contributed by atoms with Crippen molar-refractivity contribution in [2.24, 2.45) is 11.8 Å². The van der Waals surface area contributed by atoms with E-state index in [2.05, 4.69) is 15.9 Å². The van der Waals surface area contributed by atoms with Crippen molar-refractivity contribution >= 4 is 33.3 Å². The molecule has 1 saturated heterocycles. The minimum atomic E-state index is -0.879. The Kier molecular flexibility index (Phi) is 2.28. The third-order valence-corrected chi connectivity index (χ3v) is 4.49. The second kappa shape index (κ2) is 3.45. The lowest BCUT2D eigenvalue weighted by Crippen LogP contribution is -2.47. The topological polar surface area (TPSA) is 69.7 Å². The third kappa shape index (κ3) is 1.20. The fraction of sp³-hybridized carbons (Fsp3) is 0.700. The van der Waals surface area contributed by atoms with Crippen molar-refractivity contribution in [3.63, 3.8) is 0 Å². The van der Waals surface area contributed by atoms with Crippen LogP contribution in [0.15, 0.2) is 0 Å². The first-order chi connectivity index (χ1) is 7.61. The van der Waals surface area contributed by atoms with E-state index in [1.54, 1.807) is 0 Å². The van der Waals surface area contributed by atoms with E-state index in [1.807, 2.05) is 0 Å². The molecular formula is C10H9BrO5. The Bertz CT molecular complexity index is 393. The van der Waals surface area contributed by atoms with Crippen molar-refractivity contribution in [1.29, 1.82) is 0 Å². The van der Waals surface area contributed by atoms with Gasteiger partial charge in [-0.05, 0) is 6.42 Å². The summed E-state index contributed by atoms with van der Waals surface area (Å²) in [5.74, 6) is -3.28. The van der Waals surface area contributed by atoms with Gasteiger partial charge in [0.25, 0.3) is 5.78 Å². The number of hydrogen-bond acceptors (Lipinski definition) is 5. The Morgan fingerprint density at radius 1 is 1.06 bits per heavy atom. The lowest BCUT2D eigenvalue weighted by Gasteiger charge is -2.34. The highest BCUT2D eigenvalue weighted by Crippen LogP contribution is 2.44. The molecular weight excluding hydrogens is 280 g/mol. The number of ketones is 3. The van der Waals surface area contributed by atoms with Gasteiger partial charge in [-0.25, -0.2) is 0 Å². The zero-order valence-electron chi connectivity index (χ0n) is 8.22. The molecule has 3 fully saturated rings. The minimum absolute atomic E-state index is 0.133. The predicted octanol–water partition coefficient (Wildman–Crippen LogP) is -0.152. The van der Waals surface area contributed by atoms with Crippen LogP contribution in [0.5, 0.6) is 0 Å². The molecule has 0 radical (unpaired) electrons.